The van der Waals surface area contributed by atoms with Crippen molar-refractivity contribution in [1.82, 2.24) is 4.98 Å². The molecule has 1 amide bonds. The lowest BCUT2D eigenvalue weighted by atomic mass is 10.1. The first-order valence-corrected chi connectivity index (χ1v) is 7.45. The van der Waals surface area contributed by atoms with Gasteiger partial charge < -0.3 is 14.5 Å². The number of methoxy groups -OCH3 is 1. The molecule has 134 valence electrons. The fourth-order valence-electron chi connectivity index (χ4n) is 2.21. The summed E-state index contributed by atoms with van der Waals surface area (Å²) in [5, 5.41) is 2.64. The minimum Gasteiger partial charge on any atom is -0.497 e. The Morgan fingerprint density at radius 3 is 2.54 bits per heavy atom. The van der Waals surface area contributed by atoms with Gasteiger partial charge in [0.15, 0.2) is 5.69 Å². The highest BCUT2D eigenvalue weighted by molar-refractivity contribution is 6.03. The van der Waals surface area contributed by atoms with Crippen LogP contribution in [0.25, 0.3) is 11.5 Å². The van der Waals surface area contributed by atoms with Gasteiger partial charge in [0.2, 0.25) is 5.89 Å². The number of rotatable bonds is 4. The van der Waals surface area contributed by atoms with Crippen molar-refractivity contribution in [1.29, 1.82) is 0 Å². The minimum atomic E-state index is -4.42. The molecule has 0 radical (unpaired) electrons. The van der Waals surface area contributed by atoms with E-state index in [0.717, 1.165) is 18.4 Å². The molecule has 3 aromatic rings. The van der Waals surface area contributed by atoms with E-state index in [9.17, 15) is 18.0 Å². The molecule has 1 aromatic heterocycles. The van der Waals surface area contributed by atoms with Gasteiger partial charge in [0, 0.05) is 17.3 Å². The van der Waals surface area contributed by atoms with Gasteiger partial charge in [0.05, 0.1) is 12.7 Å². The number of halogens is 3. The van der Waals surface area contributed by atoms with Gasteiger partial charge in [0.25, 0.3) is 5.91 Å². The van der Waals surface area contributed by atoms with E-state index in [4.69, 9.17) is 9.15 Å². The van der Waals surface area contributed by atoms with Crippen molar-refractivity contribution in [3.8, 4) is 17.2 Å². The molecule has 0 spiro atoms. The number of carbonyl (C=O) groups excluding carboxylic acids is 1. The molecule has 1 heterocycles. The summed E-state index contributed by atoms with van der Waals surface area (Å²) in [4.78, 5) is 16.2. The van der Waals surface area contributed by atoms with E-state index in [2.05, 4.69) is 10.3 Å². The van der Waals surface area contributed by atoms with Crippen LogP contribution in [0.3, 0.4) is 0 Å². The Morgan fingerprint density at radius 2 is 1.88 bits per heavy atom. The Bertz CT molecular complexity index is 918. The van der Waals surface area contributed by atoms with Crippen molar-refractivity contribution < 1.29 is 27.1 Å². The van der Waals surface area contributed by atoms with Gasteiger partial charge in [-0.2, -0.15) is 13.2 Å². The Balaban J connectivity index is 1.75. The van der Waals surface area contributed by atoms with Crippen LogP contribution >= 0.6 is 0 Å². The predicted octanol–water partition coefficient (Wildman–Crippen LogP) is 4.62. The van der Waals surface area contributed by atoms with Crippen molar-refractivity contribution in [2.45, 2.75) is 6.18 Å². The molecule has 1 N–H and O–H groups in total. The minimum absolute atomic E-state index is 0.00252. The average Bonchev–Trinajstić information content (AvgIpc) is 3.11. The van der Waals surface area contributed by atoms with Crippen molar-refractivity contribution in [3.05, 3.63) is 66.1 Å². The van der Waals surface area contributed by atoms with Crippen molar-refractivity contribution in [3.63, 3.8) is 0 Å². The summed E-state index contributed by atoms with van der Waals surface area (Å²) in [5.41, 5.74) is 0.0679. The van der Waals surface area contributed by atoms with Crippen LogP contribution in [0.1, 0.15) is 16.1 Å². The van der Waals surface area contributed by atoms with Crippen molar-refractivity contribution in [2.75, 3.05) is 12.4 Å². The molecule has 0 bridgehead atoms. The molecule has 8 heteroatoms. The number of carbonyl (C=O) groups is 1. The van der Waals surface area contributed by atoms with E-state index in [1.807, 2.05) is 0 Å². The molecular weight excluding hydrogens is 349 g/mol. The third-order valence-electron chi connectivity index (χ3n) is 3.52. The maximum absolute atomic E-state index is 12.6. The zero-order valence-corrected chi connectivity index (χ0v) is 13.5. The summed E-state index contributed by atoms with van der Waals surface area (Å²) < 4.78 is 48.1. The number of hydrogen-bond donors (Lipinski definition) is 1. The number of anilines is 1. The molecule has 0 saturated heterocycles. The van der Waals surface area contributed by atoms with E-state index in [-0.39, 0.29) is 11.6 Å². The summed E-state index contributed by atoms with van der Waals surface area (Å²) in [6.45, 7) is 0. The fraction of sp³-hybridized carbons (Fsp3) is 0.111. The van der Waals surface area contributed by atoms with Crippen LogP contribution in [-0.2, 0) is 6.18 Å². The van der Waals surface area contributed by atoms with E-state index >= 15 is 0 Å². The standard InChI is InChI=1S/C18H13F3N2O3/c1-25-14-4-2-3-13(9-14)22-16(24)15-10-26-17(23-15)11-5-7-12(8-6-11)18(19,20)21/h2-10H,1H3,(H,22,24). The molecule has 0 aliphatic rings. The number of benzene rings is 2. The average molecular weight is 362 g/mol. The molecular formula is C18H13F3N2O3. The Labute approximate surface area is 146 Å². The summed E-state index contributed by atoms with van der Waals surface area (Å²) >= 11 is 0. The van der Waals surface area contributed by atoms with E-state index in [1.165, 1.54) is 19.2 Å². The third-order valence-corrected chi connectivity index (χ3v) is 3.52. The Hall–Kier alpha value is -3.29. The second-order valence-corrected chi connectivity index (χ2v) is 5.30. The first-order chi connectivity index (χ1) is 12.4. The number of nitrogens with zero attached hydrogens (tertiary/aromatic N) is 1. The van der Waals surface area contributed by atoms with Crippen LogP contribution in [0.15, 0.2) is 59.2 Å². The molecule has 0 unspecified atom stereocenters. The SMILES string of the molecule is COc1cccc(NC(=O)c2coc(-c3ccc(C(F)(F)F)cc3)n2)c1. The number of nitrogens with one attached hydrogen (secondary N) is 1. The highest BCUT2D eigenvalue weighted by Crippen LogP contribution is 2.30. The predicted molar refractivity (Wildman–Crippen MR) is 87.9 cm³/mol. The van der Waals surface area contributed by atoms with E-state index < -0.39 is 17.6 Å². The van der Waals surface area contributed by atoms with Gasteiger partial charge in [-0.1, -0.05) is 6.07 Å². The maximum Gasteiger partial charge on any atom is 0.416 e. The lowest BCUT2D eigenvalue weighted by molar-refractivity contribution is -0.137. The molecule has 2 aromatic carbocycles. The zero-order chi connectivity index (χ0) is 18.7. The monoisotopic (exact) mass is 362 g/mol. The lowest BCUT2D eigenvalue weighted by Gasteiger charge is -2.06. The number of ether oxygens (including phenoxy) is 1. The molecule has 0 aliphatic heterocycles. The van der Waals surface area contributed by atoms with Crippen molar-refractivity contribution >= 4 is 11.6 Å². The summed E-state index contributed by atoms with van der Waals surface area (Å²) in [5.74, 6) is 0.114. The van der Waals surface area contributed by atoms with Gasteiger partial charge in [-0.15, -0.1) is 0 Å². The number of hydrogen-bond acceptors (Lipinski definition) is 4. The molecule has 26 heavy (non-hydrogen) atoms. The summed E-state index contributed by atoms with van der Waals surface area (Å²) in [6.07, 6.45) is -3.28. The quantitative estimate of drug-likeness (QED) is 0.735. The largest absolute Gasteiger partial charge is 0.497 e. The van der Waals surface area contributed by atoms with Gasteiger partial charge in [-0.25, -0.2) is 4.98 Å². The van der Waals surface area contributed by atoms with Crippen LogP contribution < -0.4 is 10.1 Å². The molecule has 0 atom stereocenters. The van der Waals surface area contributed by atoms with Crippen LogP contribution in [0.4, 0.5) is 18.9 Å². The van der Waals surface area contributed by atoms with Gasteiger partial charge in [0.1, 0.15) is 12.0 Å². The number of alkyl halides is 3. The summed E-state index contributed by atoms with van der Waals surface area (Å²) in [7, 11) is 1.51. The molecule has 3 rings (SSSR count). The molecule has 0 fully saturated rings. The van der Waals surface area contributed by atoms with Crippen LogP contribution in [0.2, 0.25) is 0 Å². The van der Waals surface area contributed by atoms with E-state index in [1.54, 1.807) is 24.3 Å². The second-order valence-electron chi connectivity index (χ2n) is 5.30. The molecule has 0 aliphatic carbocycles. The van der Waals surface area contributed by atoms with Gasteiger partial charge >= 0.3 is 6.18 Å². The molecule has 0 saturated carbocycles. The fourth-order valence-corrected chi connectivity index (χ4v) is 2.21. The number of amides is 1. The first-order valence-electron chi connectivity index (χ1n) is 7.45. The maximum atomic E-state index is 12.6. The highest BCUT2D eigenvalue weighted by atomic mass is 19.4. The second kappa shape index (κ2) is 6.91. The third kappa shape index (κ3) is 3.85. The smallest absolute Gasteiger partial charge is 0.416 e. The Kier molecular flexibility index (Phi) is 4.66. The summed E-state index contributed by atoms with van der Waals surface area (Å²) in [6, 6.07) is 11.1. The van der Waals surface area contributed by atoms with Gasteiger partial charge in [-0.05, 0) is 36.4 Å². The number of oxazole rings is 1. The van der Waals surface area contributed by atoms with E-state index in [0.29, 0.717) is 17.0 Å². The highest BCUT2D eigenvalue weighted by Gasteiger charge is 2.30. The van der Waals surface area contributed by atoms with Crippen LogP contribution in [0.5, 0.6) is 5.75 Å². The lowest BCUT2D eigenvalue weighted by Crippen LogP contribution is -2.12. The topological polar surface area (TPSA) is 64.4 Å². The first kappa shape index (κ1) is 17.5. The van der Waals surface area contributed by atoms with Crippen molar-refractivity contribution in [2.24, 2.45) is 0 Å². The molecule has 5 nitrogen and oxygen atoms in total. The normalized spacial score (nSPS) is 11.2. The van der Waals surface area contributed by atoms with Gasteiger partial charge in [-0.3, -0.25) is 4.79 Å². The number of aromatic nitrogens is 1. The zero-order valence-electron chi connectivity index (χ0n) is 13.5. The van der Waals surface area contributed by atoms with Crippen LogP contribution in [-0.4, -0.2) is 18.0 Å². The Morgan fingerprint density at radius 1 is 1.15 bits per heavy atom. The van der Waals surface area contributed by atoms with Crippen LogP contribution in [0, 0.1) is 0 Å².